The van der Waals surface area contributed by atoms with Crippen molar-refractivity contribution in [2.75, 3.05) is 0 Å². The standard InChI is InChI=1S/C5HF9O2S/c6-1(7)2(8)3(9,10)5(13,14)17(15,16)4(2,11)12/h1H. The van der Waals surface area contributed by atoms with E-state index in [2.05, 4.69) is 0 Å². The normalized spacial score (nSPS) is 37.3. The fraction of sp³-hybridized carbons (Fsp3) is 1.00. The highest BCUT2D eigenvalue weighted by molar-refractivity contribution is 7.94. The van der Waals surface area contributed by atoms with Crippen LogP contribution in [0.25, 0.3) is 0 Å². The predicted octanol–water partition coefficient (Wildman–Crippen LogP) is 2.21. The first-order valence-corrected chi connectivity index (χ1v) is 5.02. The third-order valence-corrected chi connectivity index (χ3v) is 4.13. The first-order valence-electron chi connectivity index (χ1n) is 3.54. The number of sulfone groups is 1. The summed E-state index contributed by atoms with van der Waals surface area (Å²) in [5.41, 5.74) is -6.48. The molecule has 1 fully saturated rings. The molecule has 0 radical (unpaired) electrons. The van der Waals surface area contributed by atoms with E-state index in [1.165, 1.54) is 0 Å². The first-order chi connectivity index (χ1) is 7.19. The molecule has 1 aliphatic rings. The van der Waals surface area contributed by atoms with Crippen molar-refractivity contribution < 1.29 is 47.9 Å². The smallest absolute Gasteiger partial charge is 0.222 e. The Kier molecular flexibility index (Phi) is 2.54. The van der Waals surface area contributed by atoms with E-state index in [1.54, 1.807) is 0 Å². The molecular weight excluding hydrogens is 295 g/mol. The zero-order valence-electron chi connectivity index (χ0n) is 7.20. The van der Waals surface area contributed by atoms with Gasteiger partial charge in [0, 0.05) is 0 Å². The van der Waals surface area contributed by atoms with E-state index < -0.39 is 38.4 Å². The number of alkyl halides is 9. The summed E-state index contributed by atoms with van der Waals surface area (Å²) in [6.07, 6.45) is -5.32. The maximum absolute atomic E-state index is 12.9. The van der Waals surface area contributed by atoms with Gasteiger partial charge in [-0.05, 0) is 0 Å². The Balaban J connectivity index is 3.78. The Morgan fingerprint density at radius 2 is 1.12 bits per heavy atom. The molecular formula is C5HF9O2S. The summed E-state index contributed by atoms with van der Waals surface area (Å²) in [4.78, 5) is 0. The third kappa shape index (κ3) is 1.07. The van der Waals surface area contributed by atoms with Gasteiger partial charge in [0.15, 0.2) is 0 Å². The van der Waals surface area contributed by atoms with Gasteiger partial charge in [-0.25, -0.2) is 21.6 Å². The molecule has 1 aliphatic heterocycles. The van der Waals surface area contributed by atoms with Crippen LogP contribution in [0.2, 0.25) is 0 Å². The predicted molar refractivity (Wildman–Crippen MR) is 33.6 cm³/mol. The van der Waals surface area contributed by atoms with E-state index in [0.717, 1.165) is 0 Å². The Hall–Kier alpha value is -0.680. The van der Waals surface area contributed by atoms with Crippen LogP contribution in [0.3, 0.4) is 0 Å². The maximum Gasteiger partial charge on any atom is 0.417 e. The summed E-state index contributed by atoms with van der Waals surface area (Å²) in [6, 6.07) is 0. The highest BCUT2D eigenvalue weighted by Crippen LogP contribution is 2.66. The van der Waals surface area contributed by atoms with E-state index in [9.17, 15) is 47.9 Å². The van der Waals surface area contributed by atoms with Gasteiger partial charge < -0.3 is 0 Å². The quantitative estimate of drug-likeness (QED) is 0.695. The zero-order chi connectivity index (χ0) is 14.1. The minimum absolute atomic E-state index is 5.32. The minimum Gasteiger partial charge on any atom is -0.222 e. The van der Waals surface area contributed by atoms with E-state index >= 15 is 0 Å². The fourth-order valence-corrected chi connectivity index (χ4v) is 2.60. The van der Waals surface area contributed by atoms with Crippen LogP contribution in [0.5, 0.6) is 0 Å². The van der Waals surface area contributed by atoms with Crippen molar-refractivity contribution in [3.63, 3.8) is 0 Å². The molecule has 17 heavy (non-hydrogen) atoms. The Labute approximate surface area is 87.3 Å². The van der Waals surface area contributed by atoms with Crippen LogP contribution in [0, 0.1) is 0 Å². The van der Waals surface area contributed by atoms with Crippen LogP contribution in [0.1, 0.15) is 0 Å². The molecule has 1 heterocycles. The second-order valence-electron chi connectivity index (χ2n) is 3.12. The Morgan fingerprint density at radius 3 is 1.24 bits per heavy atom. The SMILES string of the molecule is O=S1(=O)C(F)(F)C(F)(F)C(F)(C(F)F)C1(F)F. The molecule has 102 valence electrons. The summed E-state index contributed by atoms with van der Waals surface area (Å²) < 4.78 is 132. The van der Waals surface area contributed by atoms with Gasteiger partial charge in [-0.1, -0.05) is 0 Å². The van der Waals surface area contributed by atoms with Crippen LogP contribution in [0.15, 0.2) is 0 Å². The maximum atomic E-state index is 12.9. The van der Waals surface area contributed by atoms with Gasteiger partial charge in [0.05, 0.1) is 0 Å². The second kappa shape index (κ2) is 3.01. The third-order valence-electron chi connectivity index (χ3n) is 2.22. The van der Waals surface area contributed by atoms with Crippen molar-refractivity contribution in [1.29, 1.82) is 0 Å². The average Bonchev–Trinajstić information content (AvgIpc) is 2.17. The molecule has 0 aromatic carbocycles. The van der Waals surface area contributed by atoms with Gasteiger partial charge >= 0.3 is 22.1 Å². The summed E-state index contributed by atoms with van der Waals surface area (Å²) in [5, 5.41) is -13.2. The van der Waals surface area contributed by atoms with Gasteiger partial charge in [0.2, 0.25) is 0 Å². The van der Waals surface area contributed by atoms with Crippen LogP contribution >= 0.6 is 0 Å². The van der Waals surface area contributed by atoms with Gasteiger partial charge in [0.1, 0.15) is 0 Å². The van der Waals surface area contributed by atoms with Crippen molar-refractivity contribution in [3.8, 4) is 0 Å². The molecule has 0 aliphatic carbocycles. The molecule has 0 bridgehead atoms. The number of halogens is 9. The van der Waals surface area contributed by atoms with Crippen molar-refractivity contribution in [3.05, 3.63) is 0 Å². The van der Waals surface area contributed by atoms with Crippen molar-refractivity contribution in [1.82, 2.24) is 0 Å². The zero-order valence-corrected chi connectivity index (χ0v) is 8.02. The summed E-state index contributed by atoms with van der Waals surface area (Å²) >= 11 is 0. The van der Waals surface area contributed by atoms with Gasteiger partial charge in [0.25, 0.3) is 16.3 Å². The molecule has 1 rings (SSSR count). The molecule has 2 nitrogen and oxygen atoms in total. The molecule has 0 saturated carbocycles. The molecule has 0 spiro atoms. The largest absolute Gasteiger partial charge is 0.417 e. The van der Waals surface area contributed by atoms with E-state index in [4.69, 9.17) is 0 Å². The minimum atomic E-state index is -7.43. The van der Waals surface area contributed by atoms with Crippen molar-refractivity contribution in [2.24, 2.45) is 0 Å². The van der Waals surface area contributed by atoms with Gasteiger partial charge in [-0.15, -0.1) is 0 Å². The lowest BCUT2D eigenvalue weighted by atomic mass is 9.99. The summed E-state index contributed by atoms with van der Waals surface area (Å²) in [5.74, 6) is -6.75. The average molecular weight is 296 g/mol. The van der Waals surface area contributed by atoms with Crippen molar-refractivity contribution >= 4 is 9.84 Å². The van der Waals surface area contributed by atoms with E-state index in [0.29, 0.717) is 0 Å². The van der Waals surface area contributed by atoms with E-state index in [-0.39, 0.29) is 0 Å². The van der Waals surface area contributed by atoms with Gasteiger partial charge in [-0.3, -0.25) is 0 Å². The van der Waals surface area contributed by atoms with Crippen molar-refractivity contribution in [2.45, 2.75) is 28.5 Å². The molecule has 0 aromatic heterocycles. The molecule has 0 amide bonds. The molecule has 1 unspecified atom stereocenters. The highest BCUT2D eigenvalue weighted by Gasteiger charge is 2.98. The molecule has 1 saturated heterocycles. The topological polar surface area (TPSA) is 34.1 Å². The number of hydrogen-bond acceptors (Lipinski definition) is 2. The lowest BCUT2D eigenvalue weighted by molar-refractivity contribution is -0.287. The highest BCUT2D eigenvalue weighted by atomic mass is 32.2. The summed E-state index contributed by atoms with van der Waals surface area (Å²) in [6.45, 7) is 0. The first kappa shape index (κ1) is 14.4. The summed E-state index contributed by atoms with van der Waals surface area (Å²) in [7, 11) is -7.43. The Morgan fingerprint density at radius 1 is 0.765 bits per heavy atom. The molecule has 1 atom stereocenters. The monoisotopic (exact) mass is 296 g/mol. The van der Waals surface area contributed by atoms with Gasteiger partial charge in [-0.2, -0.15) is 26.3 Å². The second-order valence-corrected chi connectivity index (χ2v) is 5.16. The molecule has 0 aromatic rings. The van der Waals surface area contributed by atoms with Crippen LogP contribution < -0.4 is 0 Å². The molecule has 0 N–H and O–H groups in total. The van der Waals surface area contributed by atoms with Crippen LogP contribution in [-0.4, -0.2) is 36.9 Å². The van der Waals surface area contributed by atoms with Crippen LogP contribution in [-0.2, 0) is 9.84 Å². The number of hydrogen-bond donors (Lipinski definition) is 0. The number of rotatable bonds is 1. The lowest BCUT2D eigenvalue weighted by Gasteiger charge is -2.28. The van der Waals surface area contributed by atoms with E-state index in [1.807, 2.05) is 0 Å². The fourth-order valence-electron chi connectivity index (χ4n) is 1.18. The lowest BCUT2D eigenvalue weighted by Crippen LogP contribution is -2.59. The van der Waals surface area contributed by atoms with Crippen LogP contribution in [0.4, 0.5) is 39.5 Å². The Bertz CT molecular complexity index is 440. The molecule has 12 heteroatoms.